The molecule has 2 nitrogen and oxygen atoms in total. The molecule has 0 aliphatic rings. The van der Waals surface area contributed by atoms with Crippen LogP contribution in [0.3, 0.4) is 0 Å². The quantitative estimate of drug-likeness (QED) is 0.587. The molecule has 0 spiro atoms. The first kappa shape index (κ1) is 20.3. The second-order valence-electron chi connectivity index (χ2n) is 7.22. The van der Waals surface area contributed by atoms with Gasteiger partial charge in [-0.2, -0.15) is 0 Å². The van der Waals surface area contributed by atoms with Crippen LogP contribution in [0, 0.1) is 6.92 Å². The molecule has 0 saturated heterocycles. The van der Waals surface area contributed by atoms with E-state index in [-0.39, 0.29) is 0 Å². The molecule has 130 valence electrons. The molecule has 0 bridgehead atoms. The van der Waals surface area contributed by atoms with Gasteiger partial charge >= 0.3 is 0 Å². The Morgan fingerprint density at radius 2 is 1.30 bits per heavy atom. The Labute approximate surface area is 150 Å². The van der Waals surface area contributed by atoms with Crippen molar-refractivity contribution in [2.75, 3.05) is 0 Å². The molecule has 0 amide bonds. The lowest BCUT2D eigenvalue weighted by molar-refractivity contribution is 0.839. The minimum absolute atomic E-state index is 0.571. The first-order valence-electron chi connectivity index (χ1n) is 8.56. The van der Waals surface area contributed by atoms with Gasteiger partial charge in [-0.1, -0.05) is 55.4 Å². The van der Waals surface area contributed by atoms with E-state index in [0.717, 1.165) is 0 Å². The van der Waals surface area contributed by atoms with Crippen LogP contribution in [0.5, 0.6) is 0 Å². The SMILES string of the molecule is CC(C)c1cnc(C(C)C)s1.Cc1nc(C(C)C)sc1C(C)C. The molecular weight excluding hydrogens is 320 g/mol. The van der Waals surface area contributed by atoms with E-state index in [2.05, 4.69) is 72.3 Å². The third kappa shape index (κ3) is 6.00. The molecule has 0 radical (unpaired) electrons. The first-order valence-corrected chi connectivity index (χ1v) is 10.2. The number of hydrogen-bond acceptors (Lipinski definition) is 4. The van der Waals surface area contributed by atoms with E-state index in [1.165, 1.54) is 25.5 Å². The van der Waals surface area contributed by atoms with Crippen LogP contribution >= 0.6 is 22.7 Å². The van der Waals surface area contributed by atoms with E-state index in [0.29, 0.717) is 23.7 Å². The Morgan fingerprint density at radius 1 is 0.739 bits per heavy atom. The van der Waals surface area contributed by atoms with Gasteiger partial charge < -0.3 is 0 Å². The van der Waals surface area contributed by atoms with Crippen LogP contribution in [-0.4, -0.2) is 9.97 Å². The summed E-state index contributed by atoms with van der Waals surface area (Å²) < 4.78 is 0. The minimum Gasteiger partial charge on any atom is -0.249 e. The highest BCUT2D eigenvalue weighted by Crippen LogP contribution is 2.29. The molecule has 2 heterocycles. The predicted octanol–water partition coefficient (Wildman–Crippen LogP) is 7.09. The fourth-order valence-corrected chi connectivity index (χ4v) is 4.04. The largest absolute Gasteiger partial charge is 0.249 e. The van der Waals surface area contributed by atoms with Crippen LogP contribution in [0.1, 0.15) is 105 Å². The minimum atomic E-state index is 0.571. The molecule has 0 fully saturated rings. The first-order chi connectivity index (χ1) is 10.6. The second-order valence-corrected chi connectivity index (χ2v) is 9.38. The standard InChI is InChI=1S/C10H17NS.C9H15NS/c1-6(2)9-8(5)11-10(12-9)7(3)4;1-6(2)8-5-10-9(11-8)7(3)4/h6-7H,1-5H3;5-7H,1-4H3. The molecule has 0 aliphatic carbocycles. The Kier molecular flexibility index (Phi) is 7.88. The molecule has 0 saturated carbocycles. The summed E-state index contributed by atoms with van der Waals surface area (Å²) in [4.78, 5) is 11.7. The molecule has 4 heteroatoms. The normalized spacial score (nSPS) is 11.5. The van der Waals surface area contributed by atoms with Gasteiger partial charge in [-0.3, -0.25) is 0 Å². The average molecular weight is 353 g/mol. The zero-order valence-electron chi connectivity index (χ0n) is 16.1. The molecule has 0 unspecified atom stereocenters. The van der Waals surface area contributed by atoms with Gasteiger partial charge in [0.25, 0.3) is 0 Å². The van der Waals surface area contributed by atoms with Crippen molar-refractivity contribution in [3.63, 3.8) is 0 Å². The highest BCUT2D eigenvalue weighted by molar-refractivity contribution is 7.12. The number of hydrogen-bond donors (Lipinski definition) is 0. The summed E-state index contributed by atoms with van der Waals surface area (Å²) >= 11 is 3.70. The summed E-state index contributed by atoms with van der Waals surface area (Å²) in [5.41, 5.74) is 1.22. The summed E-state index contributed by atoms with van der Waals surface area (Å²) in [7, 11) is 0. The molecule has 0 aliphatic heterocycles. The van der Waals surface area contributed by atoms with Crippen LogP contribution in [0.2, 0.25) is 0 Å². The van der Waals surface area contributed by atoms with Crippen molar-refractivity contribution < 1.29 is 0 Å². The monoisotopic (exact) mass is 352 g/mol. The highest BCUT2D eigenvalue weighted by atomic mass is 32.1. The molecule has 0 N–H and O–H groups in total. The van der Waals surface area contributed by atoms with Gasteiger partial charge in [0.05, 0.1) is 15.7 Å². The topological polar surface area (TPSA) is 25.8 Å². The van der Waals surface area contributed by atoms with E-state index < -0.39 is 0 Å². The molecule has 0 aromatic carbocycles. The van der Waals surface area contributed by atoms with Gasteiger partial charge in [-0.15, -0.1) is 22.7 Å². The lowest BCUT2D eigenvalue weighted by Crippen LogP contribution is -1.86. The third-order valence-electron chi connectivity index (χ3n) is 3.47. The smallest absolute Gasteiger partial charge is 0.0956 e. The summed E-state index contributed by atoms with van der Waals surface area (Å²) in [5, 5.41) is 2.53. The molecule has 23 heavy (non-hydrogen) atoms. The maximum absolute atomic E-state index is 4.55. The summed E-state index contributed by atoms with van der Waals surface area (Å²) in [6, 6.07) is 0. The van der Waals surface area contributed by atoms with Gasteiger partial charge in [0, 0.05) is 27.8 Å². The van der Waals surface area contributed by atoms with E-state index in [1.807, 2.05) is 28.9 Å². The fourth-order valence-electron chi connectivity index (χ4n) is 2.05. The van der Waals surface area contributed by atoms with Crippen LogP contribution in [-0.2, 0) is 0 Å². The number of rotatable bonds is 4. The van der Waals surface area contributed by atoms with Crippen molar-refractivity contribution in [2.45, 2.75) is 86.0 Å². The fraction of sp³-hybridized carbons (Fsp3) is 0.684. The average Bonchev–Trinajstić information content (AvgIpc) is 3.05. The van der Waals surface area contributed by atoms with Crippen molar-refractivity contribution in [3.8, 4) is 0 Å². The maximum Gasteiger partial charge on any atom is 0.0956 e. The number of thiazole rings is 2. The number of aromatic nitrogens is 2. The molecular formula is C19H32N2S2. The van der Waals surface area contributed by atoms with Gasteiger partial charge in [0.1, 0.15) is 0 Å². The van der Waals surface area contributed by atoms with Crippen LogP contribution < -0.4 is 0 Å². The molecule has 2 rings (SSSR count). The van der Waals surface area contributed by atoms with Crippen LogP contribution in [0.4, 0.5) is 0 Å². The summed E-state index contributed by atoms with van der Waals surface area (Å²) in [6.07, 6.45) is 2.00. The van der Waals surface area contributed by atoms with Crippen molar-refractivity contribution in [1.29, 1.82) is 0 Å². The van der Waals surface area contributed by atoms with E-state index in [1.54, 1.807) is 0 Å². The lowest BCUT2D eigenvalue weighted by atomic mass is 10.1. The highest BCUT2D eigenvalue weighted by Gasteiger charge is 2.12. The van der Waals surface area contributed by atoms with Crippen molar-refractivity contribution >= 4 is 22.7 Å². The van der Waals surface area contributed by atoms with Crippen LogP contribution in [0.15, 0.2) is 6.20 Å². The molecule has 2 aromatic rings. The van der Waals surface area contributed by atoms with Gasteiger partial charge in [0.2, 0.25) is 0 Å². The van der Waals surface area contributed by atoms with Gasteiger partial charge in [-0.05, 0) is 18.8 Å². The summed E-state index contributed by atoms with van der Waals surface area (Å²) in [5.74, 6) is 2.39. The van der Waals surface area contributed by atoms with Crippen LogP contribution in [0.25, 0.3) is 0 Å². The Morgan fingerprint density at radius 3 is 1.57 bits per heavy atom. The van der Waals surface area contributed by atoms with Gasteiger partial charge in [-0.25, -0.2) is 9.97 Å². The number of nitrogens with zero attached hydrogens (tertiary/aromatic N) is 2. The maximum atomic E-state index is 4.55. The third-order valence-corrected chi connectivity index (χ3v) is 6.83. The Balaban J connectivity index is 0.000000231. The number of aryl methyl sites for hydroxylation is 1. The zero-order chi connectivity index (χ0) is 17.7. The zero-order valence-corrected chi connectivity index (χ0v) is 17.7. The second kappa shape index (κ2) is 8.93. The predicted molar refractivity (Wildman–Crippen MR) is 105 cm³/mol. The Hall–Kier alpha value is -0.740. The van der Waals surface area contributed by atoms with Crippen molar-refractivity contribution in [2.24, 2.45) is 0 Å². The van der Waals surface area contributed by atoms with Crippen molar-refractivity contribution in [1.82, 2.24) is 9.97 Å². The lowest BCUT2D eigenvalue weighted by Gasteiger charge is -1.99. The van der Waals surface area contributed by atoms with E-state index in [4.69, 9.17) is 0 Å². The Bertz CT molecular complexity index is 570. The molecule has 2 aromatic heterocycles. The summed E-state index contributed by atoms with van der Waals surface area (Å²) in [6.45, 7) is 19.7. The molecule has 0 atom stereocenters. The van der Waals surface area contributed by atoms with Crippen molar-refractivity contribution in [3.05, 3.63) is 31.7 Å². The van der Waals surface area contributed by atoms with E-state index in [9.17, 15) is 0 Å². The van der Waals surface area contributed by atoms with E-state index >= 15 is 0 Å². The van der Waals surface area contributed by atoms with Gasteiger partial charge in [0.15, 0.2) is 0 Å².